The number of halogens is 2. The zero-order valence-electron chi connectivity index (χ0n) is 14.7. The number of allylic oxidation sites excluding steroid dienone is 4. The molecule has 0 spiro atoms. The summed E-state index contributed by atoms with van der Waals surface area (Å²) in [4.78, 5) is 0. The van der Waals surface area contributed by atoms with Gasteiger partial charge in [0.1, 0.15) is 0 Å². The first-order valence-corrected chi connectivity index (χ1v) is 8.15. The molecule has 0 nitrogen and oxygen atoms in total. The smallest absolute Gasteiger partial charge is 1.00 e. The van der Waals surface area contributed by atoms with E-state index in [0.29, 0.717) is 0 Å². The van der Waals surface area contributed by atoms with Crippen molar-refractivity contribution < 1.29 is 51.0 Å². The largest absolute Gasteiger partial charge is 4.00 e. The fourth-order valence-electron chi connectivity index (χ4n) is 3.15. The molecule has 0 amide bonds. The van der Waals surface area contributed by atoms with Crippen molar-refractivity contribution in [3.63, 3.8) is 0 Å². The van der Waals surface area contributed by atoms with Crippen molar-refractivity contribution in [1.82, 2.24) is 0 Å². The van der Waals surface area contributed by atoms with Gasteiger partial charge in [-0.3, -0.25) is 6.08 Å². The molecule has 1 aliphatic carbocycles. The summed E-state index contributed by atoms with van der Waals surface area (Å²) < 4.78 is 0. The van der Waals surface area contributed by atoms with Gasteiger partial charge in [-0.2, -0.15) is 11.6 Å². The van der Waals surface area contributed by atoms with Crippen LogP contribution >= 0.6 is 0 Å². The van der Waals surface area contributed by atoms with E-state index in [1.807, 2.05) is 0 Å². The minimum absolute atomic E-state index is 0. The monoisotopic (exact) mass is 446 g/mol. The van der Waals surface area contributed by atoms with Crippen LogP contribution in [0.25, 0.3) is 21.5 Å². The van der Waals surface area contributed by atoms with Gasteiger partial charge in [0.15, 0.2) is 0 Å². The summed E-state index contributed by atoms with van der Waals surface area (Å²) >= 11 is 0. The van der Waals surface area contributed by atoms with E-state index in [1.54, 1.807) is 0 Å². The van der Waals surface area contributed by atoms with Crippen LogP contribution in [0.1, 0.15) is 33.1 Å². The number of rotatable bonds is 2. The van der Waals surface area contributed by atoms with E-state index in [2.05, 4.69) is 80.6 Å². The van der Waals surface area contributed by atoms with Crippen LogP contribution in [0.2, 0.25) is 0 Å². The van der Waals surface area contributed by atoms with Gasteiger partial charge < -0.3 is 24.8 Å². The Morgan fingerprint density at radius 3 is 1.80 bits per heavy atom. The second kappa shape index (κ2) is 11.8. The minimum atomic E-state index is 0. The summed E-state index contributed by atoms with van der Waals surface area (Å²) in [6.07, 6.45) is 8.99. The van der Waals surface area contributed by atoms with Gasteiger partial charge in [0.2, 0.25) is 0 Å². The van der Waals surface area contributed by atoms with E-state index >= 15 is 0 Å². The third-order valence-electron chi connectivity index (χ3n) is 4.31. The molecule has 0 N–H and O–H groups in total. The van der Waals surface area contributed by atoms with Crippen molar-refractivity contribution in [2.45, 2.75) is 33.1 Å². The topological polar surface area (TPSA) is 0 Å². The molecule has 0 saturated heterocycles. The summed E-state index contributed by atoms with van der Waals surface area (Å²) in [5.41, 5.74) is 2.95. The first kappa shape index (κ1) is 24.3. The van der Waals surface area contributed by atoms with Crippen LogP contribution in [0.15, 0.2) is 71.8 Å². The van der Waals surface area contributed by atoms with Gasteiger partial charge in [-0.05, 0) is 0 Å². The van der Waals surface area contributed by atoms with Crippen molar-refractivity contribution in [2.75, 3.05) is 0 Å². The standard InChI is InChI=1S/C13H9.C9H13.2ClH.Zr/c1-3-7-12-10(5-1)9-11-6-2-4-8-13(11)12;1-3-8-6-5-7-9(8)4-2;;;/h1-9H;6H,3-5H2,1-2H3;2*1H;/q2*-1;;;+4/p-2. The molecule has 3 heteroatoms. The zero-order valence-corrected chi connectivity index (χ0v) is 18.6. The molecular weight excluding hydrogens is 426 g/mol. The van der Waals surface area contributed by atoms with Gasteiger partial charge in [-0.15, -0.1) is 46.2 Å². The van der Waals surface area contributed by atoms with Crippen LogP contribution in [0.5, 0.6) is 0 Å². The molecule has 0 saturated carbocycles. The predicted molar refractivity (Wildman–Crippen MR) is 97.1 cm³/mol. The Morgan fingerprint density at radius 2 is 1.36 bits per heavy atom. The van der Waals surface area contributed by atoms with Crippen LogP contribution in [0.4, 0.5) is 0 Å². The summed E-state index contributed by atoms with van der Waals surface area (Å²) in [7, 11) is 0. The molecule has 3 aromatic carbocycles. The molecular formula is C22H22Cl2Zr. The third kappa shape index (κ3) is 5.61. The first-order chi connectivity index (χ1) is 10.8. The van der Waals surface area contributed by atoms with Crippen LogP contribution in [0.3, 0.4) is 0 Å². The van der Waals surface area contributed by atoms with Crippen LogP contribution in [-0.2, 0) is 26.2 Å². The van der Waals surface area contributed by atoms with Crippen LogP contribution in [0, 0.1) is 6.08 Å². The van der Waals surface area contributed by atoms with Gasteiger partial charge in [0, 0.05) is 0 Å². The number of fused-ring (bicyclic) bond motifs is 3. The van der Waals surface area contributed by atoms with Gasteiger partial charge in [0.05, 0.1) is 0 Å². The summed E-state index contributed by atoms with van der Waals surface area (Å²) in [5, 5.41) is 5.39. The fraction of sp³-hybridized carbons (Fsp3) is 0.227. The Kier molecular flexibility index (Phi) is 11.4. The Bertz CT molecular complexity index is 775. The van der Waals surface area contributed by atoms with Crippen molar-refractivity contribution in [1.29, 1.82) is 0 Å². The SMILES string of the molecule is CCC1=[C-]CC=C1CC.[Cl-].[Cl-].[Zr+4].c1ccc2c(c1)[cH-]c1ccccc12. The van der Waals surface area contributed by atoms with Gasteiger partial charge >= 0.3 is 26.2 Å². The Balaban J connectivity index is 0.000000435. The predicted octanol–water partition coefficient (Wildman–Crippen LogP) is 0.583. The van der Waals surface area contributed by atoms with E-state index in [-0.39, 0.29) is 51.0 Å². The molecule has 0 aliphatic heterocycles. The molecule has 128 valence electrons. The second-order valence-electron chi connectivity index (χ2n) is 5.61. The van der Waals surface area contributed by atoms with E-state index in [1.165, 1.54) is 39.1 Å². The van der Waals surface area contributed by atoms with Crippen molar-refractivity contribution in [2.24, 2.45) is 0 Å². The molecule has 0 radical (unpaired) electrons. The number of hydrogen-bond acceptors (Lipinski definition) is 0. The molecule has 0 fully saturated rings. The van der Waals surface area contributed by atoms with Crippen molar-refractivity contribution in [3.05, 3.63) is 77.9 Å². The summed E-state index contributed by atoms with van der Waals surface area (Å²) in [6, 6.07) is 19.3. The molecule has 3 aromatic rings. The molecule has 4 rings (SSSR count). The Hall–Kier alpha value is -0.747. The normalized spacial score (nSPS) is 12.1. The molecule has 0 atom stereocenters. The molecule has 25 heavy (non-hydrogen) atoms. The number of hydrogen-bond donors (Lipinski definition) is 0. The van der Waals surface area contributed by atoms with E-state index in [4.69, 9.17) is 0 Å². The first-order valence-electron chi connectivity index (χ1n) is 8.15. The summed E-state index contributed by atoms with van der Waals surface area (Å²) in [5.74, 6) is 0. The quantitative estimate of drug-likeness (QED) is 0.504. The zero-order chi connectivity index (χ0) is 15.4. The summed E-state index contributed by atoms with van der Waals surface area (Å²) in [6.45, 7) is 4.39. The van der Waals surface area contributed by atoms with Crippen LogP contribution in [-0.4, -0.2) is 0 Å². The van der Waals surface area contributed by atoms with E-state index in [9.17, 15) is 0 Å². The van der Waals surface area contributed by atoms with Crippen LogP contribution < -0.4 is 24.8 Å². The van der Waals surface area contributed by atoms with Gasteiger partial charge in [-0.25, -0.2) is 5.57 Å². The molecule has 0 bridgehead atoms. The third-order valence-corrected chi connectivity index (χ3v) is 4.31. The van der Waals surface area contributed by atoms with Crippen molar-refractivity contribution in [3.8, 4) is 0 Å². The second-order valence-corrected chi connectivity index (χ2v) is 5.61. The molecule has 0 heterocycles. The molecule has 0 unspecified atom stereocenters. The van der Waals surface area contributed by atoms with Gasteiger partial charge in [-0.1, -0.05) is 63.1 Å². The number of benzene rings is 2. The average Bonchev–Trinajstić information content (AvgIpc) is 3.19. The van der Waals surface area contributed by atoms with Gasteiger partial charge in [0.25, 0.3) is 0 Å². The minimum Gasteiger partial charge on any atom is -1.00 e. The maximum absolute atomic E-state index is 3.33. The maximum Gasteiger partial charge on any atom is 4.00 e. The van der Waals surface area contributed by atoms with E-state index in [0.717, 1.165) is 12.8 Å². The fourth-order valence-corrected chi connectivity index (χ4v) is 3.15. The maximum atomic E-state index is 3.33. The Labute approximate surface area is 182 Å². The van der Waals surface area contributed by atoms with E-state index < -0.39 is 0 Å². The molecule has 1 aliphatic rings. The van der Waals surface area contributed by atoms with Crippen molar-refractivity contribution >= 4 is 21.5 Å². The molecule has 0 aromatic heterocycles. The average molecular weight is 449 g/mol. The Morgan fingerprint density at radius 1 is 0.840 bits per heavy atom.